The number of carbonyl (C=O) groups excluding carboxylic acids is 1. The second-order valence-corrected chi connectivity index (χ2v) is 9.18. The van der Waals surface area contributed by atoms with Crippen molar-refractivity contribution < 1.29 is 9.90 Å². The van der Waals surface area contributed by atoms with E-state index in [2.05, 4.69) is 14.8 Å². The molecular formula is C22H32N4O2. The molecule has 0 bridgehead atoms. The summed E-state index contributed by atoms with van der Waals surface area (Å²) in [7, 11) is 0. The highest BCUT2D eigenvalue weighted by Crippen LogP contribution is 2.40. The fourth-order valence-electron chi connectivity index (χ4n) is 5.86. The number of aliphatic hydroxyl groups excluding tert-OH is 1. The summed E-state index contributed by atoms with van der Waals surface area (Å²) in [6.45, 7) is 6.04. The van der Waals surface area contributed by atoms with Gasteiger partial charge >= 0.3 is 0 Å². The molecular weight excluding hydrogens is 352 g/mol. The van der Waals surface area contributed by atoms with Crippen LogP contribution in [0, 0.1) is 11.8 Å². The minimum absolute atomic E-state index is 0.114. The number of carbonyl (C=O) groups is 1. The maximum atomic E-state index is 12.5. The number of anilines is 1. The highest BCUT2D eigenvalue weighted by atomic mass is 16.3. The molecule has 0 unspecified atom stereocenters. The van der Waals surface area contributed by atoms with Crippen LogP contribution in [0.5, 0.6) is 0 Å². The predicted octanol–water partition coefficient (Wildman–Crippen LogP) is 1.99. The molecule has 1 saturated carbocycles. The third kappa shape index (κ3) is 3.41. The zero-order chi connectivity index (χ0) is 19.1. The van der Waals surface area contributed by atoms with Crippen LogP contribution in [0.15, 0.2) is 18.3 Å². The van der Waals surface area contributed by atoms with Crippen molar-refractivity contribution in [3.8, 4) is 0 Å². The average molecular weight is 385 g/mol. The van der Waals surface area contributed by atoms with Crippen LogP contribution in [0.2, 0.25) is 0 Å². The van der Waals surface area contributed by atoms with Crippen LogP contribution in [0.1, 0.15) is 48.9 Å². The van der Waals surface area contributed by atoms with Crippen LogP contribution >= 0.6 is 0 Å². The first-order chi connectivity index (χ1) is 13.7. The summed E-state index contributed by atoms with van der Waals surface area (Å²) < 4.78 is 0. The van der Waals surface area contributed by atoms with Crippen LogP contribution in [-0.4, -0.2) is 77.2 Å². The first kappa shape index (κ1) is 18.4. The van der Waals surface area contributed by atoms with Crippen LogP contribution in [0.3, 0.4) is 0 Å². The quantitative estimate of drug-likeness (QED) is 0.864. The highest BCUT2D eigenvalue weighted by molar-refractivity contribution is 5.94. The van der Waals surface area contributed by atoms with E-state index in [0.29, 0.717) is 23.4 Å². The molecule has 1 amide bonds. The van der Waals surface area contributed by atoms with Crippen molar-refractivity contribution in [2.45, 2.75) is 50.7 Å². The zero-order valence-electron chi connectivity index (χ0n) is 16.7. The van der Waals surface area contributed by atoms with Crippen LogP contribution in [0.25, 0.3) is 0 Å². The topological polar surface area (TPSA) is 59.9 Å². The Kier molecular flexibility index (Phi) is 5.01. The maximum Gasteiger partial charge on any atom is 0.255 e. The number of hydrogen-bond donors (Lipinski definition) is 1. The third-order valence-corrected chi connectivity index (χ3v) is 7.43. The number of aliphatic hydroxyl groups is 1. The van der Waals surface area contributed by atoms with Gasteiger partial charge in [-0.1, -0.05) is 0 Å². The van der Waals surface area contributed by atoms with Gasteiger partial charge < -0.3 is 14.9 Å². The molecule has 28 heavy (non-hydrogen) atoms. The zero-order valence-corrected chi connectivity index (χ0v) is 16.7. The fraction of sp³-hybridized carbons (Fsp3) is 0.727. The van der Waals surface area contributed by atoms with Crippen molar-refractivity contribution in [2.75, 3.05) is 44.2 Å². The highest BCUT2D eigenvalue weighted by Gasteiger charge is 2.44. The fourth-order valence-corrected chi connectivity index (χ4v) is 5.86. The van der Waals surface area contributed by atoms with Crippen LogP contribution in [0.4, 0.5) is 5.82 Å². The summed E-state index contributed by atoms with van der Waals surface area (Å²) >= 11 is 0. The molecule has 6 nitrogen and oxygen atoms in total. The van der Waals surface area contributed by atoms with E-state index < -0.39 is 0 Å². The van der Waals surface area contributed by atoms with Gasteiger partial charge in [-0.05, 0) is 75.6 Å². The molecule has 0 radical (unpaired) electrons. The Morgan fingerprint density at radius 2 is 1.64 bits per heavy atom. The van der Waals surface area contributed by atoms with E-state index in [9.17, 15) is 9.90 Å². The Hall–Kier alpha value is -1.66. The van der Waals surface area contributed by atoms with Gasteiger partial charge in [-0.15, -0.1) is 0 Å². The lowest BCUT2D eigenvalue weighted by Crippen LogP contribution is -2.48. The van der Waals surface area contributed by atoms with Gasteiger partial charge in [0.05, 0.1) is 11.7 Å². The molecule has 3 aliphatic heterocycles. The van der Waals surface area contributed by atoms with Crippen molar-refractivity contribution in [1.29, 1.82) is 0 Å². The molecule has 1 aromatic heterocycles. The number of pyridine rings is 1. The number of fused-ring (bicyclic) bond motifs is 1. The molecule has 1 aliphatic carbocycles. The summed E-state index contributed by atoms with van der Waals surface area (Å²) in [6, 6.07) is 4.29. The smallest absolute Gasteiger partial charge is 0.255 e. The summed E-state index contributed by atoms with van der Waals surface area (Å²) in [6.07, 6.45) is 8.34. The summed E-state index contributed by atoms with van der Waals surface area (Å²) in [5.41, 5.74) is 0.701. The Morgan fingerprint density at radius 1 is 0.964 bits per heavy atom. The SMILES string of the molecule is O=C(c1ccc(N2C[C@H]3C[C@@H](N4CCCC4)[C@H](O)C[C@H]3C2)nc1)N1CCCC1. The number of aromatic nitrogens is 1. The van der Waals surface area contributed by atoms with Crippen molar-refractivity contribution in [1.82, 2.24) is 14.8 Å². The largest absolute Gasteiger partial charge is 0.391 e. The average Bonchev–Trinajstić information content (AvgIpc) is 3.47. The molecule has 1 N–H and O–H groups in total. The number of hydrogen-bond acceptors (Lipinski definition) is 5. The van der Waals surface area contributed by atoms with Gasteiger partial charge in [0.25, 0.3) is 5.91 Å². The molecule has 0 spiro atoms. The third-order valence-electron chi connectivity index (χ3n) is 7.43. The molecule has 152 valence electrons. The second kappa shape index (κ2) is 7.64. The first-order valence-electron chi connectivity index (χ1n) is 11.1. The Bertz CT molecular complexity index is 697. The van der Waals surface area contributed by atoms with E-state index in [4.69, 9.17) is 0 Å². The lowest BCUT2D eigenvalue weighted by molar-refractivity contribution is -0.000855. The van der Waals surface area contributed by atoms with E-state index in [1.54, 1.807) is 6.20 Å². The number of amides is 1. The minimum atomic E-state index is -0.187. The van der Waals surface area contributed by atoms with Gasteiger partial charge in [-0.25, -0.2) is 4.98 Å². The Morgan fingerprint density at radius 3 is 2.32 bits per heavy atom. The summed E-state index contributed by atoms with van der Waals surface area (Å²) in [4.78, 5) is 24.0. The Balaban J connectivity index is 1.24. The number of nitrogens with zero attached hydrogens (tertiary/aromatic N) is 4. The summed E-state index contributed by atoms with van der Waals surface area (Å²) in [5, 5.41) is 10.7. The van der Waals surface area contributed by atoms with E-state index in [-0.39, 0.29) is 12.0 Å². The minimum Gasteiger partial charge on any atom is -0.391 e. The lowest BCUT2D eigenvalue weighted by Gasteiger charge is -2.40. The van der Waals surface area contributed by atoms with E-state index in [0.717, 1.165) is 70.8 Å². The van der Waals surface area contributed by atoms with E-state index in [1.807, 2.05) is 17.0 Å². The molecule has 4 atom stereocenters. The van der Waals surface area contributed by atoms with Crippen molar-refractivity contribution in [3.63, 3.8) is 0 Å². The molecule has 5 rings (SSSR count). The van der Waals surface area contributed by atoms with Gasteiger partial charge in [0.15, 0.2) is 0 Å². The van der Waals surface area contributed by atoms with E-state index >= 15 is 0 Å². The van der Waals surface area contributed by atoms with Crippen LogP contribution in [-0.2, 0) is 0 Å². The lowest BCUT2D eigenvalue weighted by atomic mass is 9.77. The summed E-state index contributed by atoms with van der Waals surface area (Å²) in [5.74, 6) is 2.28. The number of likely N-dealkylation sites (tertiary alicyclic amines) is 2. The molecule has 3 saturated heterocycles. The van der Waals surface area contributed by atoms with Gasteiger partial charge in [0.1, 0.15) is 5.82 Å². The van der Waals surface area contributed by atoms with Crippen molar-refractivity contribution in [2.24, 2.45) is 11.8 Å². The van der Waals surface area contributed by atoms with Gasteiger partial charge in [0, 0.05) is 38.4 Å². The second-order valence-electron chi connectivity index (χ2n) is 9.18. The van der Waals surface area contributed by atoms with Crippen molar-refractivity contribution >= 4 is 11.7 Å². The normalized spacial score (nSPS) is 33.5. The van der Waals surface area contributed by atoms with Gasteiger partial charge in [-0.2, -0.15) is 0 Å². The Labute approximate surface area is 167 Å². The predicted molar refractivity (Wildman–Crippen MR) is 108 cm³/mol. The number of rotatable bonds is 3. The molecule has 4 heterocycles. The molecule has 6 heteroatoms. The molecule has 0 aromatic carbocycles. The monoisotopic (exact) mass is 384 g/mol. The molecule has 1 aromatic rings. The molecule has 4 aliphatic rings. The van der Waals surface area contributed by atoms with Crippen molar-refractivity contribution in [3.05, 3.63) is 23.9 Å². The molecule has 4 fully saturated rings. The standard InChI is InChI=1S/C22H32N4O2/c27-20-12-18-15-26(14-17(18)11-19(20)24-7-1-2-8-24)21-6-5-16(13-23-21)22(28)25-9-3-4-10-25/h5-6,13,17-20,27H,1-4,7-12,14-15H2/t17-,18+,19-,20-/m1/s1. The van der Waals surface area contributed by atoms with Gasteiger partial charge in [0.2, 0.25) is 0 Å². The first-order valence-corrected chi connectivity index (χ1v) is 11.1. The van der Waals surface area contributed by atoms with Crippen LogP contribution < -0.4 is 4.90 Å². The van der Waals surface area contributed by atoms with Gasteiger partial charge in [-0.3, -0.25) is 9.69 Å². The maximum absolute atomic E-state index is 12.5. The van der Waals surface area contributed by atoms with E-state index in [1.165, 1.54) is 12.8 Å².